The summed E-state index contributed by atoms with van der Waals surface area (Å²) in [5.74, 6) is -0.372. The first-order valence-corrected chi connectivity index (χ1v) is 7.12. The van der Waals surface area contributed by atoms with E-state index in [4.69, 9.17) is 11.6 Å². The lowest BCUT2D eigenvalue weighted by molar-refractivity contribution is 0.180. The van der Waals surface area contributed by atoms with Gasteiger partial charge in [-0.05, 0) is 34.0 Å². The van der Waals surface area contributed by atoms with Gasteiger partial charge in [0.1, 0.15) is 5.82 Å². The smallest absolute Gasteiger partial charge is 0.124 e. The van der Waals surface area contributed by atoms with Crippen molar-refractivity contribution < 1.29 is 9.50 Å². The quantitative estimate of drug-likeness (QED) is 0.729. The molecule has 0 saturated heterocycles. The summed E-state index contributed by atoms with van der Waals surface area (Å²) in [7, 11) is 0. The standard InChI is InChI=1S/C18H14ClFO/c19-17-11-14(20)9-8-13(17)10-18(21)16-7-3-5-12-4-1-2-6-15(12)16/h1-9,11,18,21H,10H2. The van der Waals surface area contributed by atoms with E-state index in [9.17, 15) is 9.50 Å². The van der Waals surface area contributed by atoms with Crippen LogP contribution in [0.1, 0.15) is 17.2 Å². The van der Waals surface area contributed by atoms with Gasteiger partial charge in [-0.2, -0.15) is 0 Å². The van der Waals surface area contributed by atoms with Crippen molar-refractivity contribution in [3.63, 3.8) is 0 Å². The summed E-state index contributed by atoms with van der Waals surface area (Å²) in [6.45, 7) is 0. The van der Waals surface area contributed by atoms with Crippen LogP contribution in [0.2, 0.25) is 5.02 Å². The van der Waals surface area contributed by atoms with Gasteiger partial charge in [0.2, 0.25) is 0 Å². The zero-order chi connectivity index (χ0) is 14.8. The van der Waals surface area contributed by atoms with Gasteiger partial charge in [0, 0.05) is 11.4 Å². The van der Waals surface area contributed by atoms with Crippen molar-refractivity contribution in [2.45, 2.75) is 12.5 Å². The molecule has 106 valence electrons. The lowest BCUT2D eigenvalue weighted by Gasteiger charge is -2.15. The fourth-order valence-electron chi connectivity index (χ4n) is 2.55. The second-order valence-corrected chi connectivity index (χ2v) is 5.43. The molecule has 0 saturated carbocycles. The molecule has 0 aromatic heterocycles. The van der Waals surface area contributed by atoms with Crippen molar-refractivity contribution in [2.24, 2.45) is 0 Å². The van der Waals surface area contributed by atoms with Crippen LogP contribution in [0.4, 0.5) is 4.39 Å². The second-order valence-electron chi connectivity index (χ2n) is 5.02. The number of halogens is 2. The molecule has 1 unspecified atom stereocenters. The van der Waals surface area contributed by atoms with Crippen LogP contribution in [0.15, 0.2) is 60.7 Å². The van der Waals surface area contributed by atoms with Gasteiger partial charge in [-0.3, -0.25) is 0 Å². The van der Waals surface area contributed by atoms with Crippen molar-refractivity contribution in [2.75, 3.05) is 0 Å². The fourth-order valence-corrected chi connectivity index (χ4v) is 2.79. The minimum atomic E-state index is -0.681. The van der Waals surface area contributed by atoms with Crippen LogP contribution in [0.3, 0.4) is 0 Å². The highest BCUT2D eigenvalue weighted by Gasteiger charge is 2.13. The maximum Gasteiger partial charge on any atom is 0.124 e. The molecule has 0 aliphatic heterocycles. The van der Waals surface area contributed by atoms with E-state index < -0.39 is 6.10 Å². The van der Waals surface area contributed by atoms with Gasteiger partial charge in [0.15, 0.2) is 0 Å². The summed E-state index contributed by atoms with van der Waals surface area (Å²) in [5.41, 5.74) is 1.59. The second kappa shape index (κ2) is 5.84. The molecule has 0 fully saturated rings. The van der Waals surface area contributed by atoms with E-state index in [1.54, 1.807) is 6.07 Å². The van der Waals surface area contributed by atoms with Gasteiger partial charge in [0.05, 0.1) is 6.10 Å². The van der Waals surface area contributed by atoms with Crippen LogP contribution >= 0.6 is 11.6 Å². The average molecular weight is 301 g/mol. The maximum atomic E-state index is 13.1. The van der Waals surface area contributed by atoms with Gasteiger partial charge in [-0.1, -0.05) is 60.1 Å². The Labute approximate surface area is 127 Å². The molecule has 3 aromatic rings. The zero-order valence-corrected chi connectivity index (χ0v) is 12.0. The van der Waals surface area contributed by atoms with Crippen LogP contribution in [-0.2, 0) is 6.42 Å². The monoisotopic (exact) mass is 300 g/mol. The van der Waals surface area contributed by atoms with Crippen molar-refractivity contribution >= 4 is 22.4 Å². The number of rotatable bonds is 3. The van der Waals surface area contributed by atoms with E-state index >= 15 is 0 Å². The first-order valence-electron chi connectivity index (χ1n) is 6.75. The Kier molecular flexibility index (Phi) is 3.91. The van der Waals surface area contributed by atoms with Crippen LogP contribution in [0.5, 0.6) is 0 Å². The van der Waals surface area contributed by atoms with E-state index in [1.165, 1.54) is 12.1 Å². The Hall–Kier alpha value is -1.90. The Morgan fingerprint density at radius 3 is 2.57 bits per heavy atom. The van der Waals surface area contributed by atoms with Crippen molar-refractivity contribution in [1.82, 2.24) is 0 Å². The molecule has 3 aromatic carbocycles. The van der Waals surface area contributed by atoms with Gasteiger partial charge >= 0.3 is 0 Å². The molecular weight excluding hydrogens is 287 g/mol. The van der Waals surface area contributed by atoms with Crippen LogP contribution in [0.25, 0.3) is 10.8 Å². The highest BCUT2D eigenvalue weighted by Crippen LogP contribution is 2.28. The van der Waals surface area contributed by atoms with Gasteiger partial charge in [-0.15, -0.1) is 0 Å². The van der Waals surface area contributed by atoms with E-state index in [0.717, 1.165) is 21.9 Å². The number of aliphatic hydroxyl groups is 1. The van der Waals surface area contributed by atoms with E-state index in [0.29, 0.717) is 11.4 Å². The molecule has 0 spiro atoms. The van der Waals surface area contributed by atoms with Crippen LogP contribution in [0, 0.1) is 5.82 Å². The van der Waals surface area contributed by atoms with Crippen molar-refractivity contribution in [1.29, 1.82) is 0 Å². The summed E-state index contributed by atoms with van der Waals surface area (Å²) in [5, 5.41) is 13.0. The number of benzene rings is 3. The minimum Gasteiger partial charge on any atom is -0.388 e. The highest BCUT2D eigenvalue weighted by molar-refractivity contribution is 6.31. The summed E-state index contributed by atoms with van der Waals surface area (Å²) in [4.78, 5) is 0. The minimum absolute atomic E-state index is 0.342. The number of hydrogen-bond acceptors (Lipinski definition) is 1. The van der Waals surface area contributed by atoms with Crippen molar-refractivity contribution in [3.8, 4) is 0 Å². The lowest BCUT2D eigenvalue weighted by Crippen LogP contribution is -2.03. The lowest BCUT2D eigenvalue weighted by atomic mass is 9.96. The van der Waals surface area contributed by atoms with Crippen LogP contribution < -0.4 is 0 Å². The molecule has 0 bridgehead atoms. The molecular formula is C18H14ClFO. The van der Waals surface area contributed by atoms with E-state index in [-0.39, 0.29) is 5.82 Å². The van der Waals surface area contributed by atoms with Gasteiger partial charge < -0.3 is 5.11 Å². The number of aliphatic hydroxyl groups excluding tert-OH is 1. The molecule has 3 heteroatoms. The number of hydrogen-bond donors (Lipinski definition) is 1. The third-order valence-electron chi connectivity index (χ3n) is 3.61. The predicted molar refractivity (Wildman–Crippen MR) is 84.0 cm³/mol. The van der Waals surface area contributed by atoms with Gasteiger partial charge in [-0.25, -0.2) is 4.39 Å². The SMILES string of the molecule is OC(Cc1ccc(F)cc1Cl)c1cccc2ccccc12. The van der Waals surface area contributed by atoms with E-state index in [1.807, 2.05) is 42.5 Å². The summed E-state index contributed by atoms with van der Waals surface area (Å²) in [6, 6.07) is 18.0. The summed E-state index contributed by atoms with van der Waals surface area (Å²) < 4.78 is 13.1. The Morgan fingerprint density at radius 1 is 1.00 bits per heavy atom. The Morgan fingerprint density at radius 2 is 1.76 bits per heavy atom. The topological polar surface area (TPSA) is 20.2 Å². The Bertz CT molecular complexity index is 780. The van der Waals surface area contributed by atoms with Gasteiger partial charge in [0.25, 0.3) is 0 Å². The average Bonchev–Trinajstić information content (AvgIpc) is 2.49. The molecule has 0 aliphatic rings. The normalized spacial score (nSPS) is 12.5. The molecule has 0 amide bonds. The number of fused-ring (bicyclic) bond motifs is 1. The summed E-state index contributed by atoms with van der Waals surface area (Å²) in [6.07, 6.45) is -0.327. The van der Waals surface area contributed by atoms with Crippen LogP contribution in [-0.4, -0.2) is 5.11 Å². The zero-order valence-electron chi connectivity index (χ0n) is 11.3. The third-order valence-corrected chi connectivity index (χ3v) is 3.96. The third kappa shape index (κ3) is 2.92. The first-order chi connectivity index (χ1) is 10.1. The predicted octanol–water partition coefficient (Wildman–Crippen LogP) is 4.91. The molecule has 3 rings (SSSR count). The molecule has 0 aliphatic carbocycles. The molecule has 0 heterocycles. The molecule has 1 atom stereocenters. The first kappa shape index (κ1) is 14.1. The maximum absolute atomic E-state index is 13.1. The Balaban J connectivity index is 1.95. The molecule has 1 N–H and O–H groups in total. The largest absolute Gasteiger partial charge is 0.388 e. The molecule has 0 radical (unpaired) electrons. The molecule has 1 nitrogen and oxygen atoms in total. The van der Waals surface area contributed by atoms with Crippen molar-refractivity contribution in [3.05, 3.63) is 82.6 Å². The fraction of sp³-hybridized carbons (Fsp3) is 0.111. The summed E-state index contributed by atoms with van der Waals surface area (Å²) >= 11 is 6.03. The highest BCUT2D eigenvalue weighted by atomic mass is 35.5. The molecule has 21 heavy (non-hydrogen) atoms. The van der Waals surface area contributed by atoms with E-state index in [2.05, 4.69) is 0 Å².